The summed E-state index contributed by atoms with van der Waals surface area (Å²) in [5, 5.41) is 0.820. The highest BCUT2D eigenvalue weighted by Gasteiger charge is 2.21. The van der Waals surface area contributed by atoms with Crippen molar-refractivity contribution < 1.29 is 9.18 Å². The molecule has 2 aromatic rings. The Morgan fingerprint density at radius 1 is 1.22 bits per heavy atom. The molecule has 0 atom stereocenters. The molecule has 1 heterocycles. The quantitative estimate of drug-likeness (QED) is 0.772. The first kappa shape index (κ1) is 12.9. The molecule has 0 radical (unpaired) electrons. The molecule has 0 bridgehead atoms. The lowest BCUT2D eigenvalue weighted by atomic mass is 10.00. The van der Waals surface area contributed by atoms with Crippen molar-refractivity contribution in [3.63, 3.8) is 0 Å². The lowest BCUT2D eigenvalue weighted by Gasteiger charge is -2.07. The lowest BCUT2D eigenvalue weighted by Crippen LogP contribution is -2.07. The van der Waals surface area contributed by atoms with Crippen molar-refractivity contribution in [1.82, 2.24) is 4.98 Å². The van der Waals surface area contributed by atoms with E-state index in [1.54, 1.807) is 13.8 Å². The largest absolute Gasteiger partial charge is 0.287 e. The van der Waals surface area contributed by atoms with E-state index in [1.807, 2.05) is 19.9 Å². The Morgan fingerprint density at radius 2 is 1.89 bits per heavy atom. The van der Waals surface area contributed by atoms with E-state index in [1.165, 1.54) is 17.4 Å². The van der Waals surface area contributed by atoms with Crippen LogP contribution < -0.4 is 0 Å². The predicted molar refractivity (Wildman–Crippen MR) is 70.9 cm³/mol. The van der Waals surface area contributed by atoms with Gasteiger partial charge in [-0.15, -0.1) is 11.3 Å². The van der Waals surface area contributed by atoms with Gasteiger partial charge in [-0.2, -0.15) is 0 Å². The molecule has 18 heavy (non-hydrogen) atoms. The standard InChI is InChI=1S/C14H14FNOS/c1-7-5-8(2)12(11(15)6-7)13(17)14-9(3)16-10(4)18-14/h5-6H,1-4H3. The van der Waals surface area contributed by atoms with Gasteiger partial charge >= 0.3 is 0 Å². The fourth-order valence-corrected chi connectivity index (χ4v) is 2.92. The van der Waals surface area contributed by atoms with Crippen molar-refractivity contribution in [2.45, 2.75) is 27.7 Å². The maximum Gasteiger partial charge on any atom is 0.208 e. The van der Waals surface area contributed by atoms with Gasteiger partial charge in [0.2, 0.25) is 5.78 Å². The van der Waals surface area contributed by atoms with E-state index >= 15 is 0 Å². The fourth-order valence-electron chi connectivity index (χ4n) is 2.06. The van der Waals surface area contributed by atoms with Crippen molar-refractivity contribution in [2.75, 3.05) is 0 Å². The molecule has 0 saturated carbocycles. The second kappa shape index (κ2) is 4.61. The molecule has 0 spiro atoms. The summed E-state index contributed by atoms with van der Waals surface area (Å²) < 4.78 is 13.9. The zero-order valence-corrected chi connectivity index (χ0v) is 11.6. The van der Waals surface area contributed by atoms with Crippen LogP contribution in [0.1, 0.15) is 37.1 Å². The van der Waals surface area contributed by atoms with Crippen LogP contribution in [0.4, 0.5) is 4.39 Å². The van der Waals surface area contributed by atoms with E-state index in [9.17, 15) is 9.18 Å². The molecule has 4 heteroatoms. The van der Waals surface area contributed by atoms with Crippen molar-refractivity contribution in [2.24, 2.45) is 0 Å². The van der Waals surface area contributed by atoms with Gasteiger partial charge in [-0.3, -0.25) is 4.79 Å². The first-order valence-corrected chi connectivity index (χ1v) is 6.47. The molecular formula is C14H14FNOS. The van der Waals surface area contributed by atoms with Crippen LogP contribution in [0.15, 0.2) is 12.1 Å². The van der Waals surface area contributed by atoms with Crippen LogP contribution in [0.2, 0.25) is 0 Å². The molecule has 0 aliphatic carbocycles. The number of hydrogen-bond donors (Lipinski definition) is 0. The molecule has 0 aliphatic heterocycles. The smallest absolute Gasteiger partial charge is 0.208 e. The summed E-state index contributed by atoms with van der Waals surface area (Å²) in [6.45, 7) is 7.18. The minimum atomic E-state index is -0.456. The van der Waals surface area contributed by atoms with Crippen molar-refractivity contribution >= 4 is 17.1 Å². The fraction of sp³-hybridized carbons (Fsp3) is 0.286. The number of benzene rings is 1. The molecule has 2 rings (SSSR count). The number of thiazole rings is 1. The van der Waals surface area contributed by atoms with E-state index in [0.717, 1.165) is 10.6 Å². The van der Waals surface area contributed by atoms with Crippen molar-refractivity contribution in [3.8, 4) is 0 Å². The number of rotatable bonds is 2. The number of ketones is 1. The number of carbonyl (C=O) groups is 1. The zero-order chi connectivity index (χ0) is 13.4. The molecule has 1 aromatic heterocycles. The SMILES string of the molecule is Cc1cc(C)c(C(=O)c2sc(C)nc2C)c(F)c1. The molecular weight excluding hydrogens is 249 g/mol. The Bertz CT molecular complexity index is 608. The third-order valence-electron chi connectivity index (χ3n) is 2.77. The molecule has 0 amide bonds. The van der Waals surface area contributed by atoms with Gasteiger partial charge < -0.3 is 0 Å². The predicted octanol–water partition coefficient (Wildman–Crippen LogP) is 3.75. The van der Waals surface area contributed by atoms with Gasteiger partial charge in [0.05, 0.1) is 21.1 Å². The average Bonchev–Trinajstić information content (AvgIpc) is 2.56. The van der Waals surface area contributed by atoms with Crippen LogP contribution in [0.3, 0.4) is 0 Å². The molecule has 0 saturated heterocycles. The maximum absolute atomic E-state index is 13.9. The number of nitrogens with zero attached hydrogens (tertiary/aromatic N) is 1. The minimum Gasteiger partial charge on any atom is -0.287 e. The van der Waals surface area contributed by atoms with Gasteiger partial charge in [-0.1, -0.05) is 6.07 Å². The van der Waals surface area contributed by atoms with Crippen molar-refractivity contribution in [3.05, 3.63) is 50.2 Å². The van der Waals surface area contributed by atoms with Crippen LogP contribution in [0, 0.1) is 33.5 Å². The Morgan fingerprint density at radius 3 is 2.39 bits per heavy atom. The highest BCUT2D eigenvalue weighted by Crippen LogP contribution is 2.25. The highest BCUT2D eigenvalue weighted by molar-refractivity contribution is 7.14. The van der Waals surface area contributed by atoms with E-state index in [4.69, 9.17) is 0 Å². The molecule has 94 valence electrons. The molecule has 0 N–H and O–H groups in total. The normalized spacial score (nSPS) is 10.7. The topological polar surface area (TPSA) is 30.0 Å². The third-order valence-corrected chi connectivity index (χ3v) is 3.84. The van der Waals surface area contributed by atoms with Gasteiger partial charge in [-0.25, -0.2) is 9.37 Å². The van der Waals surface area contributed by atoms with Crippen LogP contribution in [0.25, 0.3) is 0 Å². The zero-order valence-electron chi connectivity index (χ0n) is 10.8. The third kappa shape index (κ3) is 2.20. The number of hydrogen-bond acceptors (Lipinski definition) is 3. The van der Waals surface area contributed by atoms with Crippen LogP contribution in [-0.2, 0) is 0 Å². The number of aryl methyl sites for hydroxylation is 4. The average molecular weight is 263 g/mol. The van der Waals surface area contributed by atoms with Gasteiger partial charge in [0, 0.05) is 0 Å². The summed E-state index contributed by atoms with van der Waals surface area (Å²) in [4.78, 5) is 17.1. The monoisotopic (exact) mass is 263 g/mol. The number of carbonyl (C=O) groups excluding carboxylic acids is 1. The Kier molecular flexibility index (Phi) is 3.30. The summed E-state index contributed by atoms with van der Waals surface area (Å²) in [7, 11) is 0. The molecule has 2 nitrogen and oxygen atoms in total. The number of aromatic nitrogens is 1. The van der Waals surface area contributed by atoms with Gasteiger partial charge in [0.25, 0.3) is 0 Å². The lowest BCUT2D eigenvalue weighted by molar-refractivity contribution is 0.103. The van der Waals surface area contributed by atoms with E-state index in [-0.39, 0.29) is 11.3 Å². The Labute approximate surface area is 110 Å². The second-order valence-electron chi connectivity index (χ2n) is 4.42. The summed E-state index contributed by atoms with van der Waals surface area (Å²) >= 11 is 1.31. The molecule has 0 fully saturated rings. The van der Waals surface area contributed by atoms with E-state index < -0.39 is 5.82 Å². The highest BCUT2D eigenvalue weighted by atomic mass is 32.1. The maximum atomic E-state index is 13.9. The Hall–Kier alpha value is -1.55. The van der Waals surface area contributed by atoms with Crippen LogP contribution >= 0.6 is 11.3 Å². The van der Waals surface area contributed by atoms with Gasteiger partial charge in [0.1, 0.15) is 5.82 Å². The first-order valence-electron chi connectivity index (χ1n) is 5.65. The summed E-state index contributed by atoms with van der Waals surface area (Å²) in [5.74, 6) is -0.726. The summed E-state index contributed by atoms with van der Waals surface area (Å²) in [6, 6.07) is 3.21. The molecule has 1 aromatic carbocycles. The second-order valence-corrected chi connectivity index (χ2v) is 5.62. The van der Waals surface area contributed by atoms with E-state index in [0.29, 0.717) is 16.1 Å². The first-order chi connectivity index (χ1) is 8.40. The van der Waals surface area contributed by atoms with Gasteiger partial charge in [0.15, 0.2) is 0 Å². The minimum absolute atomic E-state index is 0.160. The summed E-state index contributed by atoms with van der Waals surface area (Å²) in [6.07, 6.45) is 0. The van der Waals surface area contributed by atoms with Gasteiger partial charge in [-0.05, 0) is 44.9 Å². The molecule has 0 unspecified atom stereocenters. The van der Waals surface area contributed by atoms with Crippen LogP contribution in [-0.4, -0.2) is 10.8 Å². The summed E-state index contributed by atoms with van der Waals surface area (Å²) in [5.41, 5.74) is 2.32. The van der Waals surface area contributed by atoms with E-state index in [2.05, 4.69) is 4.98 Å². The van der Waals surface area contributed by atoms with Crippen LogP contribution in [0.5, 0.6) is 0 Å². The number of halogens is 1. The van der Waals surface area contributed by atoms with Crippen molar-refractivity contribution in [1.29, 1.82) is 0 Å². The Balaban J connectivity index is 2.56. The molecule has 0 aliphatic rings.